The van der Waals surface area contributed by atoms with Gasteiger partial charge in [0.2, 0.25) is 0 Å². The molecule has 3 aromatic rings. The normalized spacial score (nSPS) is 16.0. The second-order valence-corrected chi connectivity index (χ2v) is 8.90. The number of benzene rings is 2. The quantitative estimate of drug-likeness (QED) is 0.325. The van der Waals surface area contributed by atoms with Crippen LogP contribution in [0.5, 0.6) is 0 Å². The fourth-order valence-corrected chi connectivity index (χ4v) is 4.95. The van der Waals surface area contributed by atoms with Crippen LogP contribution in [0.15, 0.2) is 46.3 Å². The molecule has 2 aromatic carbocycles. The molecular formula is C24H26N2O4S. The van der Waals surface area contributed by atoms with Crippen molar-refractivity contribution in [3.05, 3.63) is 69.0 Å². The van der Waals surface area contributed by atoms with Crippen LogP contribution in [0.2, 0.25) is 0 Å². The van der Waals surface area contributed by atoms with Gasteiger partial charge in [0.25, 0.3) is 5.56 Å². The second kappa shape index (κ2) is 9.24. The largest absolute Gasteiger partial charge is 0.465 e. The molecule has 0 radical (unpaired) electrons. The maximum atomic E-state index is 13.3. The van der Waals surface area contributed by atoms with Crippen molar-refractivity contribution < 1.29 is 14.3 Å². The lowest BCUT2D eigenvalue weighted by atomic mass is 10.1. The van der Waals surface area contributed by atoms with E-state index in [4.69, 9.17) is 14.5 Å². The van der Waals surface area contributed by atoms with Crippen LogP contribution in [0.1, 0.15) is 39.9 Å². The van der Waals surface area contributed by atoms with Crippen LogP contribution >= 0.6 is 11.8 Å². The predicted molar refractivity (Wildman–Crippen MR) is 122 cm³/mol. The Balaban J connectivity index is 1.74. The third-order valence-corrected chi connectivity index (χ3v) is 6.45. The summed E-state index contributed by atoms with van der Waals surface area (Å²) in [6.45, 7) is 5.37. The molecule has 1 fully saturated rings. The van der Waals surface area contributed by atoms with E-state index in [-0.39, 0.29) is 11.7 Å². The van der Waals surface area contributed by atoms with Crippen LogP contribution in [0.3, 0.4) is 0 Å². The van der Waals surface area contributed by atoms with E-state index in [1.807, 2.05) is 0 Å². The van der Waals surface area contributed by atoms with Crippen LogP contribution in [-0.4, -0.2) is 35.3 Å². The SMILES string of the molecule is COC(=O)c1ccc2c(=O)n(CC3CCCO3)c(SCc3cc(C)cc(C)c3)nc2c1. The first-order valence-corrected chi connectivity index (χ1v) is 11.4. The van der Waals surface area contributed by atoms with Gasteiger partial charge in [0.15, 0.2) is 5.16 Å². The zero-order chi connectivity index (χ0) is 22.0. The molecule has 1 atom stereocenters. The molecule has 0 aliphatic carbocycles. The van der Waals surface area contributed by atoms with Crippen molar-refractivity contribution in [2.45, 2.75) is 50.2 Å². The first-order chi connectivity index (χ1) is 14.9. The number of ether oxygens (including phenoxy) is 2. The van der Waals surface area contributed by atoms with Crippen LogP contribution in [0, 0.1) is 13.8 Å². The molecule has 0 bridgehead atoms. The lowest BCUT2D eigenvalue weighted by Crippen LogP contribution is -2.29. The van der Waals surface area contributed by atoms with Gasteiger partial charge in [0, 0.05) is 12.4 Å². The van der Waals surface area contributed by atoms with Crippen molar-refractivity contribution in [3.8, 4) is 0 Å². The fourth-order valence-electron chi connectivity index (χ4n) is 4.01. The Morgan fingerprint density at radius 3 is 2.68 bits per heavy atom. The molecule has 1 unspecified atom stereocenters. The first-order valence-electron chi connectivity index (χ1n) is 10.4. The van der Waals surface area contributed by atoms with E-state index in [0.717, 1.165) is 19.4 Å². The van der Waals surface area contributed by atoms with E-state index in [2.05, 4.69) is 32.0 Å². The van der Waals surface area contributed by atoms with Crippen LogP contribution in [0.4, 0.5) is 0 Å². The molecule has 1 aliphatic heterocycles. The molecule has 1 aromatic heterocycles. The number of carbonyl (C=O) groups is 1. The molecule has 0 spiro atoms. The number of hydrogen-bond donors (Lipinski definition) is 0. The highest BCUT2D eigenvalue weighted by Gasteiger charge is 2.21. The topological polar surface area (TPSA) is 70.4 Å². The highest BCUT2D eigenvalue weighted by molar-refractivity contribution is 7.98. The maximum Gasteiger partial charge on any atom is 0.337 e. The summed E-state index contributed by atoms with van der Waals surface area (Å²) < 4.78 is 12.3. The van der Waals surface area contributed by atoms with Gasteiger partial charge in [-0.25, -0.2) is 9.78 Å². The molecule has 2 heterocycles. The fraction of sp³-hybridized carbons (Fsp3) is 0.375. The second-order valence-electron chi connectivity index (χ2n) is 7.95. The van der Waals surface area contributed by atoms with Gasteiger partial charge in [0.1, 0.15) is 0 Å². The Bertz CT molecular complexity index is 1160. The average molecular weight is 439 g/mol. The summed E-state index contributed by atoms with van der Waals surface area (Å²) >= 11 is 1.53. The molecule has 7 heteroatoms. The van der Waals surface area contributed by atoms with Crippen LogP contribution in [-0.2, 0) is 21.8 Å². The zero-order valence-corrected chi connectivity index (χ0v) is 18.8. The number of methoxy groups -OCH3 is 1. The molecule has 0 amide bonds. The Hall–Kier alpha value is -2.64. The number of carbonyl (C=O) groups excluding carboxylic acids is 1. The molecule has 0 saturated carbocycles. The lowest BCUT2D eigenvalue weighted by molar-refractivity contribution is 0.0601. The predicted octanol–water partition coefficient (Wildman–Crippen LogP) is 4.27. The third kappa shape index (κ3) is 4.83. The van der Waals surface area contributed by atoms with Crippen molar-refractivity contribution in [2.24, 2.45) is 0 Å². The van der Waals surface area contributed by atoms with Crippen LogP contribution < -0.4 is 5.56 Å². The maximum absolute atomic E-state index is 13.3. The van der Waals surface area contributed by atoms with Gasteiger partial charge in [-0.15, -0.1) is 0 Å². The Morgan fingerprint density at radius 1 is 1.23 bits per heavy atom. The van der Waals surface area contributed by atoms with Gasteiger partial charge in [-0.05, 0) is 50.5 Å². The number of fused-ring (bicyclic) bond motifs is 1. The highest BCUT2D eigenvalue weighted by Crippen LogP contribution is 2.25. The zero-order valence-electron chi connectivity index (χ0n) is 18.0. The molecule has 31 heavy (non-hydrogen) atoms. The van der Waals surface area contributed by atoms with E-state index in [9.17, 15) is 9.59 Å². The van der Waals surface area contributed by atoms with E-state index >= 15 is 0 Å². The van der Waals surface area contributed by atoms with Crippen molar-refractivity contribution in [3.63, 3.8) is 0 Å². The summed E-state index contributed by atoms with van der Waals surface area (Å²) in [5.74, 6) is 0.250. The third-order valence-electron chi connectivity index (χ3n) is 5.40. The van der Waals surface area contributed by atoms with E-state index in [1.165, 1.54) is 35.6 Å². The van der Waals surface area contributed by atoms with Gasteiger partial charge >= 0.3 is 5.97 Å². The molecule has 0 N–H and O–H groups in total. The van der Waals surface area contributed by atoms with E-state index in [0.29, 0.717) is 33.9 Å². The Morgan fingerprint density at radius 2 is 2.00 bits per heavy atom. The van der Waals surface area contributed by atoms with Gasteiger partial charge in [-0.1, -0.05) is 41.1 Å². The minimum absolute atomic E-state index is 0.0202. The molecule has 6 nitrogen and oxygen atoms in total. The summed E-state index contributed by atoms with van der Waals surface area (Å²) in [5.41, 5.74) is 4.37. The number of rotatable bonds is 6. The van der Waals surface area contributed by atoms with E-state index < -0.39 is 5.97 Å². The number of thioether (sulfide) groups is 1. The number of esters is 1. The van der Waals surface area contributed by atoms with Gasteiger partial charge < -0.3 is 9.47 Å². The standard InChI is InChI=1S/C24H26N2O4S/c1-15-9-16(2)11-17(10-15)14-31-24-25-21-12-18(23(28)29-3)6-7-20(21)22(27)26(24)13-19-5-4-8-30-19/h6-7,9-12,19H,4-5,8,13-14H2,1-3H3. The number of nitrogens with zero attached hydrogens (tertiary/aromatic N) is 2. The van der Waals surface area contributed by atoms with Crippen molar-refractivity contribution in [1.29, 1.82) is 0 Å². The van der Waals surface area contributed by atoms with Gasteiger partial charge in [-0.2, -0.15) is 0 Å². The van der Waals surface area contributed by atoms with Crippen LogP contribution in [0.25, 0.3) is 10.9 Å². The number of aryl methyl sites for hydroxylation is 2. The monoisotopic (exact) mass is 438 g/mol. The van der Waals surface area contributed by atoms with Gasteiger partial charge in [0.05, 0.1) is 36.2 Å². The summed E-state index contributed by atoms with van der Waals surface area (Å²) in [6.07, 6.45) is 1.97. The summed E-state index contributed by atoms with van der Waals surface area (Å²) in [4.78, 5) is 30.1. The Kier molecular flexibility index (Phi) is 6.43. The molecule has 1 saturated heterocycles. The van der Waals surface area contributed by atoms with Crippen molar-refractivity contribution >= 4 is 28.6 Å². The Labute approximate surface area is 185 Å². The molecular weight excluding hydrogens is 412 g/mol. The van der Waals surface area contributed by atoms with Crippen molar-refractivity contribution in [2.75, 3.05) is 13.7 Å². The smallest absolute Gasteiger partial charge is 0.337 e. The van der Waals surface area contributed by atoms with Crippen molar-refractivity contribution in [1.82, 2.24) is 9.55 Å². The summed E-state index contributed by atoms with van der Waals surface area (Å²) in [6, 6.07) is 11.3. The lowest BCUT2D eigenvalue weighted by Gasteiger charge is -2.17. The minimum Gasteiger partial charge on any atom is -0.465 e. The minimum atomic E-state index is -0.448. The molecule has 4 rings (SSSR count). The van der Waals surface area contributed by atoms with E-state index in [1.54, 1.807) is 22.8 Å². The van der Waals surface area contributed by atoms with Gasteiger partial charge in [-0.3, -0.25) is 9.36 Å². The molecule has 162 valence electrons. The highest BCUT2D eigenvalue weighted by atomic mass is 32.2. The molecule has 1 aliphatic rings. The number of aromatic nitrogens is 2. The average Bonchev–Trinajstić information content (AvgIpc) is 3.26. The number of hydrogen-bond acceptors (Lipinski definition) is 6. The first kappa shape index (κ1) is 21.6. The summed E-state index contributed by atoms with van der Waals surface area (Å²) in [7, 11) is 1.34. The summed E-state index contributed by atoms with van der Waals surface area (Å²) in [5, 5.41) is 1.12.